The zero-order valence-corrected chi connectivity index (χ0v) is 19.6. The summed E-state index contributed by atoms with van der Waals surface area (Å²) < 4.78 is 37.9. The number of pyridine rings is 1. The second kappa shape index (κ2) is 14.6. The molecule has 4 rings (SSSR count). The highest BCUT2D eigenvalue weighted by atomic mass is 32.2. The van der Waals surface area contributed by atoms with E-state index in [0.29, 0.717) is 17.7 Å². The third kappa shape index (κ3) is 8.98. The highest BCUT2D eigenvalue weighted by Gasteiger charge is 2.17. The average Bonchev–Trinajstić information content (AvgIpc) is 3.37. The van der Waals surface area contributed by atoms with Crippen molar-refractivity contribution in [3.05, 3.63) is 60.2 Å². The van der Waals surface area contributed by atoms with E-state index in [1.54, 1.807) is 24.1 Å². The first-order valence-electron chi connectivity index (χ1n) is 11.1. The first kappa shape index (κ1) is 26.0. The Labute approximate surface area is 201 Å². The normalized spacial score (nSPS) is 14.0. The molecule has 1 saturated heterocycles. The van der Waals surface area contributed by atoms with Gasteiger partial charge in [0.05, 0.1) is 18.8 Å². The highest BCUT2D eigenvalue weighted by molar-refractivity contribution is 8.00. The van der Waals surface area contributed by atoms with Crippen molar-refractivity contribution < 1.29 is 23.0 Å². The summed E-state index contributed by atoms with van der Waals surface area (Å²) in [6, 6.07) is 13.6. The van der Waals surface area contributed by atoms with Gasteiger partial charge in [-0.05, 0) is 37.2 Å². The topological polar surface area (TPSA) is 96.5 Å². The maximum absolute atomic E-state index is 12.2. The van der Waals surface area contributed by atoms with E-state index >= 15 is 0 Å². The number of rotatable bonds is 10. The fourth-order valence-corrected chi connectivity index (χ4v) is 3.76. The van der Waals surface area contributed by atoms with Crippen molar-refractivity contribution in [2.24, 2.45) is 0 Å². The lowest BCUT2D eigenvalue weighted by atomic mass is 10.2. The van der Waals surface area contributed by atoms with Crippen molar-refractivity contribution >= 4 is 17.6 Å². The van der Waals surface area contributed by atoms with Crippen molar-refractivity contribution in [3.8, 4) is 11.5 Å². The van der Waals surface area contributed by atoms with Crippen LogP contribution >= 0.6 is 11.9 Å². The van der Waals surface area contributed by atoms with Crippen LogP contribution in [0, 0.1) is 0 Å². The molecule has 11 heteroatoms. The Morgan fingerprint density at radius 2 is 1.88 bits per heavy atom. The summed E-state index contributed by atoms with van der Waals surface area (Å²) >= 11 is 1.79. The largest absolute Gasteiger partial charge is 0.415 e. The summed E-state index contributed by atoms with van der Waals surface area (Å²) in [4.78, 5) is 6.50. The van der Waals surface area contributed by atoms with Crippen molar-refractivity contribution in [1.29, 1.82) is 0 Å². The number of aromatic nitrogens is 3. The van der Waals surface area contributed by atoms with Crippen LogP contribution < -0.4 is 4.72 Å². The molecule has 1 aliphatic heterocycles. The Morgan fingerprint density at radius 1 is 1.09 bits per heavy atom. The van der Waals surface area contributed by atoms with Gasteiger partial charge in [0.1, 0.15) is 0 Å². The van der Waals surface area contributed by atoms with Crippen LogP contribution in [-0.2, 0) is 11.2 Å². The van der Waals surface area contributed by atoms with Gasteiger partial charge in [-0.1, -0.05) is 30.1 Å². The number of anilines is 1. The number of alkyl halides is 2. The first-order chi connectivity index (χ1) is 16.7. The zero-order chi connectivity index (χ0) is 24.0. The molecular weight excluding hydrogens is 464 g/mol. The van der Waals surface area contributed by atoms with Gasteiger partial charge in [0.15, 0.2) is 0 Å². The van der Waals surface area contributed by atoms with Crippen molar-refractivity contribution in [3.63, 3.8) is 0 Å². The van der Waals surface area contributed by atoms with Gasteiger partial charge in [-0.3, -0.25) is 9.88 Å². The van der Waals surface area contributed by atoms with Crippen LogP contribution in [0.4, 0.5) is 14.5 Å². The molecule has 0 saturated carbocycles. The van der Waals surface area contributed by atoms with Crippen molar-refractivity contribution in [2.45, 2.75) is 19.3 Å². The van der Waals surface area contributed by atoms with E-state index in [1.807, 2.05) is 6.07 Å². The standard InChI is InChI=1S/C13H20N2OS.C10H9F2N3O2/c1-2-5-13(6-3-1)14-17-12-4-7-15-8-10-16-11-9-15;11-8(12)10-15-14-9(17-10)6-1-2-7(3-4-16)13-5-6/h1-3,5-6,14H,4,7-12H2;1-2,5,8,16H,3-4H2. The minimum Gasteiger partial charge on any atom is -0.415 e. The van der Waals surface area contributed by atoms with Crippen LogP contribution in [0.15, 0.2) is 53.1 Å². The fraction of sp³-hybridized carbons (Fsp3) is 0.435. The number of halogens is 2. The lowest BCUT2D eigenvalue weighted by Gasteiger charge is -2.26. The molecule has 1 aliphatic rings. The van der Waals surface area contributed by atoms with E-state index in [1.165, 1.54) is 24.8 Å². The number of nitrogens with one attached hydrogen (secondary N) is 1. The van der Waals surface area contributed by atoms with Gasteiger partial charge in [-0.25, -0.2) is 0 Å². The van der Waals surface area contributed by atoms with E-state index in [0.717, 1.165) is 32.1 Å². The van der Waals surface area contributed by atoms with Gasteiger partial charge in [0.25, 0.3) is 5.89 Å². The predicted octanol–water partition coefficient (Wildman–Crippen LogP) is 4.07. The summed E-state index contributed by atoms with van der Waals surface area (Å²) in [5.74, 6) is 0.439. The number of nitrogens with zero attached hydrogens (tertiary/aromatic N) is 4. The quantitative estimate of drug-likeness (QED) is 0.320. The molecule has 34 heavy (non-hydrogen) atoms. The number of hydrogen-bond donors (Lipinski definition) is 2. The fourth-order valence-electron chi connectivity index (χ4n) is 3.08. The number of hydrogen-bond acceptors (Lipinski definition) is 9. The summed E-state index contributed by atoms with van der Waals surface area (Å²) in [6.45, 7) is 5.17. The van der Waals surface area contributed by atoms with E-state index in [9.17, 15) is 8.78 Å². The molecule has 1 fully saturated rings. The third-order valence-corrected chi connectivity index (χ3v) is 5.73. The van der Waals surface area contributed by atoms with Crippen LogP contribution in [0.3, 0.4) is 0 Å². The molecule has 0 aliphatic carbocycles. The summed E-state index contributed by atoms with van der Waals surface area (Å²) in [5.41, 5.74) is 2.35. The molecule has 0 bridgehead atoms. The lowest BCUT2D eigenvalue weighted by Crippen LogP contribution is -2.37. The van der Waals surface area contributed by atoms with Crippen molar-refractivity contribution in [1.82, 2.24) is 20.1 Å². The Bertz CT molecular complexity index is 941. The molecule has 2 aromatic heterocycles. The number of benzene rings is 1. The summed E-state index contributed by atoms with van der Waals surface area (Å²) in [7, 11) is 0. The smallest absolute Gasteiger partial charge is 0.314 e. The molecule has 0 radical (unpaired) electrons. The maximum Gasteiger partial charge on any atom is 0.314 e. The first-order valence-corrected chi connectivity index (χ1v) is 12.0. The Hall–Kier alpha value is -2.60. The lowest BCUT2D eigenvalue weighted by molar-refractivity contribution is 0.0381. The van der Waals surface area contributed by atoms with E-state index < -0.39 is 12.3 Å². The average molecular weight is 494 g/mol. The zero-order valence-electron chi connectivity index (χ0n) is 18.8. The summed E-state index contributed by atoms with van der Waals surface area (Å²) in [6.07, 6.45) is 0.322. The van der Waals surface area contributed by atoms with Gasteiger partial charge in [0, 0.05) is 49.4 Å². The van der Waals surface area contributed by atoms with Crippen molar-refractivity contribution in [2.75, 3.05) is 49.9 Å². The number of morpholine rings is 1. The molecule has 0 spiro atoms. The van der Waals surface area contributed by atoms with Gasteiger partial charge in [-0.15, -0.1) is 10.2 Å². The highest BCUT2D eigenvalue weighted by Crippen LogP contribution is 2.22. The molecule has 0 atom stereocenters. The van der Waals surface area contributed by atoms with E-state index in [4.69, 9.17) is 14.3 Å². The van der Waals surface area contributed by atoms with Crippen LogP contribution in [-0.4, -0.2) is 70.4 Å². The predicted molar refractivity (Wildman–Crippen MR) is 128 cm³/mol. The molecule has 3 heterocycles. The van der Waals surface area contributed by atoms with Crippen LogP contribution in [0.2, 0.25) is 0 Å². The Balaban J connectivity index is 0.000000191. The molecule has 0 amide bonds. The molecule has 0 unspecified atom stereocenters. The number of aliphatic hydroxyl groups excluding tert-OH is 1. The second-order valence-corrected chi connectivity index (χ2v) is 8.28. The van der Waals surface area contributed by atoms with E-state index in [2.05, 4.69) is 49.1 Å². The summed E-state index contributed by atoms with van der Waals surface area (Å²) in [5, 5.41) is 15.4. The SMILES string of the molecule is OCCc1ccc(-c2nnc(C(F)F)o2)cn1.c1ccc(NSCCCN2CCOCC2)cc1. The minimum atomic E-state index is -2.78. The maximum atomic E-state index is 12.2. The number of ether oxygens (including phenoxy) is 1. The monoisotopic (exact) mass is 493 g/mol. The number of aliphatic hydroxyl groups is 1. The Morgan fingerprint density at radius 3 is 2.53 bits per heavy atom. The molecule has 2 N–H and O–H groups in total. The van der Waals surface area contributed by atoms with Gasteiger partial charge in [-0.2, -0.15) is 8.78 Å². The van der Waals surface area contributed by atoms with Gasteiger partial charge >= 0.3 is 6.43 Å². The third-order valence-electron chi connectivity index (χ3n) is 4.86. The Kier molecular flexibility index (Phi) is 11.2. The minimum absolute atomic E-state index is 0.00242. The number of para-hydroxylation sites is 1. The van der Waals surface area contributed by atoms with Crippen LogP contribution in [0.25, 0.3) is 11.5 Å². The van der Waals surface area contributed by atoms with Crippen LogP contribution in [0.5, 0.6) is 0 Å². The second-order valence-electron chi connectivity index (χ2n) is 7.38. The van der Waals surface area contributed by atoms with Gasteiger partial charge in [0.2, 0.25) is 5.89 Å². The molecule has 184 valence electrons. The molecule has 3 aromatic rings. The van der Waals surface area contributed by atoms with Gasteiger partial charge < -0.3 is 19.0 Å². The van der Waals surface area contributed by atoms with Crippen LogP contribution in [0.1, 0.15) is 24.4 Å². The molecule has 1 aromatic carbocycles. The van der Waals surface area contributed by atoms with E-state index in [-0.39, 0.29) is 12.5 Å². The molecule has 8 nitrogen and oxygen atoms in total. The molecular formula is C23H29F2N5O3S.